The van der Waals surface area contributed by atoms with Gasteiger partial charge in [0.15, 0.2) is 0 Å². The predicted molar refractivity (Wildman–Crippen MR) is 57.8 cm³/mol. The Morgan fingerprint density at radius 2 is 2.12 bits per heavy atom. The topological polar surface area (TPSA) is 16.1 Å². The van der Waals surface area contributed by atoms with Gasteiger partial charge in [0.1, 0.15) is 5.82 Å². The van der Waals surface area contributed by atoms with Gasteiger partial charge in [-0.3, -0.25) is 0 Å². The summed E-state index contributed by atoms with van der Waals surface area (Å²) in [5, 5.41) is 0. The molecule has 0 amide bonds. The molecule has 6 heteroatoms. The Balaban J connectivity index is 2.97. The second kappa shape index (κ2) is 5.39. The van der Waals surface area contributed by atoms with Crippen molar-refractivity contribution in [1.82, 2.24) is 4.98 Å². The Morgan fingerprint density at radius 1 is 1.44 bits per heavy atom. The van der Waals surface area contributed by atoms with E-state index in [1.807, 2.05) is 6.92 Å². The van der Waals surface area contributed by atoms with Gasteiger partial charge in [0.05, 0.1) is 5.56 Å². The average Bonchev–Trinajstić information content (AvgIpc) is 2.25. The molecule has 0 spiro atoms. The zero-order chi connectivity index (χ0) is 12.2. The van der Waals surface area contributed by atoms with Crippen molar-refractivity contribution in [3.8, 4) is 0 Å². The van der Waals surface area contributed by atoms with Crippen LogP contribution in [0.15, 0.2) is 18.3 Å². The molecule has 1 rings (SSSR count). The van der Waals surface area contributed by atoms with Crippen LogP contribution in [0.3, 0.4) is 0 Å². The van der Waals surface area contributed by atoms with E-state index in [0.717, 1.165) is 18.3 Å². The lowest BCUT2D eigenvalue weighted by Crippen LogP contribution is -2.26. The SMILES string of the molecule is CCN(CCCl)c1cc(C(F)(F)F)ccn1. The highest BCUT2D eigenvalue weighted by molar-refractivity contribution is 6.18. The van der Waals surface area contributed by atoms with Gasteiger partial charge in [-0.05, 0) is 19.1 Å². The Bertz CT molecular complexity index is 341. The Kier molecular flexibility index (Phi) is 4.41. The van der Waals surface area contributed by atoms with Gasteiger partial charge in [-0.25, -0.2) is 4.98 Å². The Morgan fingerprint density at radius 3 is 2.62 bits per heavy atom. The second-order valence-electron chi connectivity index (χ2n) is 3.17. The third kappa shape index (κ3) is 3.27. The highest BCUT2D eigenvalue weighted by Crippen LogP contribution is 2.30. The molecule has 0 saturated heterocycles. The summed E-state index contributed by atoms with van der Waals surface area (Å²) in [6.07, 6.45) is -3.17. The molecule has 16 heavy (non-hydrogen) atoms. The number of hydrogen-bond donors (Lipinski definition) is 0. The monoisotopic (exact) mass is 252 g/mol. The molecule has 90 valence electrons. The molecule has 2 nitrogen and oxygen atoms in total. The van der Waals surface area contributed by atoms with Crippen LogP contribution in [-0.2, 0) is 6.18 Å². The van der Waals surface area contributed by atoms with Gasteiger partial charge in [0.2, 0.25) is 0 Å². The van der Waals surface area contributed by atoms with Gasteiger partial charge in [0.25, 0.3) is 0 Å². The lowest BCUT2D eigenvalue weighted by Gasteiger charge is -2.21. The van der Waals surface area contributed by atoms with Crippen molar-refractivity contribution in [3.63, 3.8) is 0 Å². The third-order valence-corrected chi connectivity index (χ3v) is 2.30. The smallest absolute Gasteiger partial charge is 0.356 e. The first-order valence-corrected chi connectivity index (χ1v) is 5.36. The third-order valence-electron chi connectivity index (χ3n) is 2.13. The maximum absolute atomic E-state index is 12.4. The first-order valence-electron chi connectivity index (χ1n) is 4.83. The van der Waals surface area contributed by atoms with Crippen molar-refractivity contribution < 1.29 is 13.2 Å². The van der Waals surface area contributed by atoms with Crippen LogP contribution >= 0.6 is 11.6 Å². The maximum atomic E-state index is 12.4. The van der Waals surface area contributed by atoms with Gasteiger partial charge in [0, 0.05) is 25.2 Å². The highest BCUT2D eigenvalue weighted by Gasteiger charge is 2.31. The van der Waals surface area contributed by atoms with Crippen LogP contribution < -0.4 is 4.90 Å². The number of pyridine rings is 1. The fraction of sp³-hybridized carbons (Fsp3) is 0.500. The molecule has 0 atom stereocenters. The van der Waals surface area contributed by atoms with Gasteiger partial charge in [-0.1, -0.05) is 0 Å². The van der Waals surface area contributed by atoms with Crippen LogP contribution in [0.5, 0.6) is 0 Å². The second-order valence-corrected chi connectivity index (χ2v) is 3.55. The number of halogens is 4. The van der Waals surface area contributed by atoms with E-state index in [2.05, 4.69) is 4.98 Å². The predicted octanol–water partition coefficient (Wildman–Crippen LogP) is 3.17. The zero-order valence-corrected chi connectivity index (χ0v) is 9.52. The molecular formula is C10H12ClF3N2. The minimum absolute atomic E-state index is 0.304. The van der Waals surface area contributed by atoms with E-state index in [9.17, 15) is 13.2 Å². The van der Waals surface area contributed by atoms with Crippen molar-refractivity contribution in [2.75, 3.05) is 23.9 Å². The van der Waals surface area contributed by atoms with Crippen molar-refractivity contribution in [2.24, 2.45) is 0 Å². The maximum Gasteiger partial charge on any atom is 0.416 e. The van der Waals surface area contributed by atoms with Crippen LogP contribution in [0.2, 0.25) is 0 Å². The van der Waals surface area contributed by atoms with Crippen molar-refractivity contribution in [3.05, 3.63) is 23.9 Å². The van der Waals surface area contributed by atoms with Crippen molar-refractivity contribution >= 4 is 17.4 Å². The fourth-order valence-corrected chi connectivity index (χ4v) is 1.51. The molecule has 0 fully saturated rings. The molecule has 0 aliphatic heterocycles. The van der Waals surface area contributed by atoms with Crippen molar-refractivity contribution in [2.45, 2.75) is 13.1 Å². The molecule has 0 aliphatic rings. The summed E-state index contributed by atoms with van der Waals surface area (Å²) in [6, 6.07) is 1.99. The molecule has 1 heterocycles. The molecule has 0 bridgehead atoms. The quantitative estimate of drug-likeness (QED) is 0.766. The molecule has 0 saturated carbocycles. The minimum atomic E-state index is -4.34. The molecule has 0 aliphatic carbocycles. The molecule has 0 radical (unpaired) electrons. The molecule has 0 N–H and O–H groups in total. The van der Waals surface area contributed by atoms with Gasteiger partial charge < -0.3 is 4.90 Å². The van der Waals surface area contributed by atoms with E-state index in [0.29, 0.717) is 24.8 Å². The van der Waals surface area contributed by atoms with E-state index in [-0.39, 0.29) is 0 Å². The number of rotatable bonds is 4. The van der Waals surface area contributed by atoms with Gasteiger partial charge >= 0.3 is 6.18 Å². The Labute approximate surface area is 97.0 Å². The molecular weight excluding hydrogens is 241 g/mol. The lowest BCUT2D eigenvalue weighted by molar-refractivity contribution is -0.137. The van der Waals surface area contributed by atoms with E-state index in [4.69, 9.17) is 11.6 Å². The van der Waals surface area contributed by atoms with Crippen LogP contribution in [-0.4, -0.2) is 24.0 Å². The average molecular weight is 253 g/mol. The van der Waals surface area contributed by atoms with Crippen LogP contribution in [0.1, 0.15) is 12.5 Å². The normalized spacial score (nSPS) is 11.6. The molecule has 1 aromatic rings. The van der Waals surface area contributed by atoms with Crippen molar-refractivity contribution in [1.29, 1.82) is 0 Å². The fourth-order valence-electron chi connectivity index (χ4n) is 1.30. The molecule has 0 aromatic carbocycles. The summed E-state index contributed by atoms with van der Waals surface area (Å²) in [7, 11) is 0. The summed E-state index contributed by atoms with van der Waals surface area (Å²) in [5.41, 5.74) is -0.689. The van der Waals surface area contributed by atoms with Crippen LogP contribution in [0.4, 0.5) is 19.0 Å². The summed E-state index contributed by atoms with van der Waals surface area (Å²) < 4.78 is 37.3. The number of alkyl halides is 4. The van der Waals surface area contributed by atoms with E-state index in [1.165, 1.54) is 0 Å². The lowest BCUT2D eigenvalue weighted by atomic mass is 10.2. The van der Waals surface area contributed by atoms with Gasteiger partial charge in [-0.15, -0.1) is 11.6 Å². The molecule has 1 aromatic heterocycles. The first-order chi connectivity index (χ1) is 7.49. The number of nitrogens with zero attached hydrogens (tertiary/aromatic N) is 2. The first kappa shape index (κ1) is 13.1. The van der Waals surface area contributed by atoms with Crippen LogP contribution in [0, 0.1) is 0 Å². The number of anilines is 1. The summed E-state index contributed by atoms with van der Waals surface area (Å²) >= 11 is 5.56. The molecule has 0 unspecified atom stereocenters. The minimum Gasteiger partial charge on any atom is -0.356 e. The largest absolute Gasteiger partial charge is 0.416 e. The van der Waals surface area contributed by atoms with E-state index < -0.39 is 11.7 Å². The standard InChI is InChI=1S/C10H12ClF3N2/c1-2-16(6-4-11)9-7-8(3-5-15-9)10(12,13)14/h3,5,7H,2,4,6H2,1H3. The van der Waals surface area contributed by atoms with E-state index >= 15 is 0 Å². The summed E-state index contributed by atoms with van der Waals surface area (Å²) in [6.45, 7) is 2.89. The highest BCUT2D eigenvalue weighted by atomic mass is 35.5. The van der Waals surface area contributed by atoms with Gasteiger partial charge in [-0.2, -0.15) is 13.2 Å². The summed E-state index contributed by atoms with van der Waals surface area (Å²) in [4.78, 5) is 5.61. The summed E-state index contributed by atoms with van der Waals surface area (Å²) in [5.74, 6) is 0.657. The number of hydrogen-bond acceptors (Lipinski definition) is 2. The van der Waals surface area contributed by atoms with Crippen LogP contribution in [0.25, 0.3) is 0 Å². The number of aromatic nitrogens is 1. The Hall–Kier alpha value is -0.970. The van der Waals surface area contributed by atoms with E-state index in [1.54, 1.807) is 4.90 Å². The zero-order valence-electron chi connectivity index (χ0n) is 8.76.